The van der Waals surface area contributed by atoms with Gasteiger partial charge < -0.3 is 14.5 Å². The molecule has 0 bridgehead atoms. The molecule has 0 N–H and O–H groups in total. The molecule has 2 aromatic rings. The van der Waals surface area contributed by atoms with E-state index in [1.54, 1.807) is 46.2 Å². The number of rotatable bonds is 6. The van der Waals surface area contributed by atoms with E-state index in [0.29, 0.717) is 57.1 Å². The van der Waals surface area contributed by atoms with Crippen molar-refractivity contribution in [2.45, 2.75) is 19.3 Å². The first-order valence-electron chi connectivity index (χ1n) is 9.74. The Bertz CT molecular complexity index is 844. The average molecular weight is 419 g/mol. The van der Waals surface area contributed by atoms with E-state index in [4.69, 9.17) is 16.3 Å². The monoisotopic (exact) mass is 418 g/mol. The van der Waals surface area contributed by atoms with Gasteiger partial charge in [0.2, 0.25) is 5.91 Å². The molecule has 0 spiro atoms. The number of benzene rings is 2. The molecule has 0 aromatic heterocycles. The molecule has 1 saturated heterocycles. The molecule has 0 saturated carbocycles. The summed E-state index contributed by atoms with van der Waals surface area (Å²) >= 11 is 5.84. The van der Waals surface area contributed by atoms with Gasteiger partial charge in [0.25, 0.3) is 5.91 Å². The largest absolute Gasteiger partial charge is 0.494 e. The minimum Gasteiger partial charge on any atom is -0.494 e. The summed E-state index contributed by atoms with van der Waals surface area (Å²) < 4.78 is 19.5. The molecular weight excluding hydrogens is 395 g/mol. The highest BCUT2D eigenvalue weighted by Crippen LogP contribution is 2.16. The first-order valence-corrected chi connectivity index (χ1v) is 10.1. The Hall–Kier alpha value is -2.60. The van der Waals surface area contributed by atoms with E-state index in [9.17, 15) is 14.0 Å². The third kappa shape index (κ3) is 5.94. The van der Waals surface area contributed by atoms with Crippen LogP contribution < -0.4 is 4.74 Å². The van der Waals surface area contributed by atoms with E-state index >= 15 is 0 Å². The van der Waals surface area contributed by atoms with E-state index < -0.39 is 5.82 Å². The van der Waals surface area contributed by atoms with Gasteiger partial charge in [-0.25, -0.2) is 4.39 Å². The minimum absolute atomic E-state index is 0.0462. The van der Waals surface area contributed by atoms with E-state index in [0.717, 1.165) is 5.75 Å². The van der Waals surface area contributed by atoms with Gasteiger partial charge in [-0.05, 0) is 49.2 Å². The number of carbonyl (C=O) groups is 2. The molecule has 7 heteroatoms. The van der Waals surface area contributed by atoms with Crippen LogP contribution in [0.2, 0.25) is 5.02 Å². The highest BCUT2D eigenvalue weighted by molar-refractivity contribution is 6.30. The number of amides is 2. The summed E-state index contributed by atoms with van der Waals surface area (Å²) in [6, 6.07) is 13.1. The average Bonchev–Trinajstić information content (AvgIpc) is 2.98. The first-order chi connectivity index (χ1) is 14.0. The molecule has 1 fully saturated rings. The van der Waals surface area contributed by atoms with Crippen LogP contribution in [0, 0.1) is 5.82 Å². The van der Waals surface area contributed by atoms with Gasteiger partial charge in [0, 0.05) is 37.6 Å². The molecule has 3 rings (SSSR count). The number of hydrogen-bond acceptors (Lipinski definition) is 3. The zero-order chi connectivity index (χ0) is 20.6. The SMILES string of the molecule is O=C(CCCOc1ccc(Cl)cc1)N1CCCN(C(=O)c2ccccc2F)CC1. The van der Waals surface area contributed by atoms with Crippen molar-refractivity contribution in [2.24, 2.45) is 0 Å². The second kappa shape index (κ2) is 10.3. The summed E-state index contributed by atoms with van der Waals surface area (Å²) in [6.07, 6.45) is 1.66. The van der Waals surface area contributed by atoms with Crippen molar-refractivity contribution in [2.75, 3.05) is 32.8 Å². The molecule has 2 amide bonds. The van der Waals surface area contributed by atoms with Crippen LogP contribution in [0.3, 0.4) is 0 Å². The Morgan fingerprint density at radius 1 is 0.966 bits per heavy atom. The normalized spacial score (nSPS) is 14.4. The smallest absolute Gasteiger partial charge is 0.256 e. The summed E-state index contributed by atoms with van der Waals surface area (Å²) in [5, 5.41) is 0.649. The molecule has 1 aliphatic heterocycles. The lowest BCUT2D eigenvalue weighted by Crippen LogP contribution is -2.37. The molecule has 1 aliphatic rings. The highest BCUT2D eigenvalue weighted by atomic mass is 35.5. The molecule has 2 aromatic carbocycles. The van der Waals surface area contributed by atoms with Crippen LogP contribution in [0.25, 0.3) is 0 Å². The maximum absolute atomic E-state index is 13.9. The molecule has 29 heavy (non-hydrogen) atoms. The van der Waals surface area contributed by atoms with Gasteiger partial charge in [-0.2, -0.15) is 0 Å². The van der Waals surface area contributed by atoms with Crippen molar-refractivity contribution in [1.29, 1.82) is 0 Å². The van der Waals surface area contributed by atoms with Crippen molar-refractivity contribution < 1.29 is 18.7 Å². The summed E-state index contributed by atoms with van der Waals surface area (Å²) in [5.74, 6) is -0.0760. The van der Waals surface area contributed by atoms with Gasteiger partial charge in [-0.3, -0.25) is 9.59 Å². The zero-order valence-corrected chi connectivity index (χ0v) is 16.9. The molecule has 154 valence electrons. The number of halogens is 2. The Morgan fingerprint density at radius 2 is 1.66 bits per heavy atom. The Kier molecular flexibility index (Phi) is 7.47. The van der Waals surface area contributed by atoms with Crippen LogP contribution in [-0.4, -0.2) is 54.4 Å². The van der Waals surface area contributed by atoms with Crippen LogP contribution in [0.1, 0.15) is 29.6 Å². The second-order valence-electron chi connectivity index (χ2n) is 6.91. The second-order valence-corrected chi connectivity index (χ2v) is 7.35. The lowest BCUT2D eigenvalue weighted by atomic mass is 10.2. The van der Waals surface area contributed by atoms with E-state index in [1.807, 2.05) is 0 Å². The fourth-order valence-corrected chi connectivity index (χ4v) is 3.40. The van der Waals surface area contributed by atoms with E-state index in [2.05, 4.69) is 0 Å². The quantitative estimate of drug-likeness (QED) is 0.666. The van der Waals surface area contributed by atoms with E-state index in [1.165, 1.54) is 12.1 Å². The third-order valence-electron chi connectivity index (χ3n) is 4.86. The fraction of sp³-hybridized carbons (Fsp3) is 0.364. The van der Waals surface area contributed by atoms with Gasteiger partial charge in [0.05, 0.1) is 12.2 Å². The van der Waals surface area contributed by atoms with Crippen LogP contribution in [0.4, 0.5) is 4.39 Å². The van der Waals surface area contributed by atoms with Gasteiger partial charge >= 0.3 is 0 Å². The topological polar surface area (TPSA) is 49.9 Å². The number of hydrogen-bond donors (Lipinski definition) is 0. The number of nitrogens with zero attached hydrogens (tertiary/aromatic N) is 2. The Morgan fingerprint density at radius 3 is 2.41 bits per heavy atom. The maximum atomic E-state index is 13.9. The third-order valence-corrected chi connectivity index (χ3v) is 5.11. The van der Waals surface area contributed by atoms with Crippen LogP contribution >= 0.6 is 11.6 Å². The molecular formula is C22H24ClFN2O3. The van der Waals surface area contributed by atoms with E-state index in [-0.39, 0.29) is 17.4 Å². The Balaban J connectivity index is 1.43. The number of ether oxygens (including phenoxy) is 1. The molecule has 0 atom stereocenters. The fourth-order valence-electron chi connectivity index (χ4n) is 3.28. The summed E-state index contributed by atoms with van der Waals surface area (Å²) in [7, 11) is 0. The lowest BCUT2D eigenvalue weighted by molar-refractivity contribution is -0.131. The van der Waals surface area contributed by atoms with Crippen molar-refractivity contribution in [3.63, 3.8) is 0 Å². The first kappa shape index (κ1) is 21.1. The van der Waals surface area contributed by atoms with Crippen molar-refractivity contribution in [1.82, 2.24) is 9.80 Å². The van der Waals surface area contributed by atoms with Gasteiger partial charge in [0.1, 0.15) is 11.6 Å². The van der Waals surface area contributed by atoms with Crippen molar-refractivity contribution in [3.05, 3.63) is 64.9 Å². The molecule has 0 unspecified atom stereocenters. The molecule has 0 aliphatic carbocycles. The van der Waals surface area contributed by atoms with Gasteiger partial charge in [0.15, 0.2) is 0 Å². The predicted molar refractivity (Wildman–Crippen MR) is 110 cm³/mol. The number of carbonyl (C=O) groups excluding carboxylic acids is 2. The highest BCUT2D eigenvalue weighted by Gasteiger charge is 2.24. The summed E-state index contributed by atoms with van der Waals surface area (Å²) in [6.45, 7) is 2.41. The Labute approximate surface area is 175 Å². The zero-order valence-electron chi connectivity index (χ0n) is 16.2. The molecule has 5 nitrogen and oxygen atoms in total. The lowest BCUT2D eigenvalue weighted by Gasteiger charge is -2.22. The van der Waals surface area contributed by atoms with Crippen LogP contribution in [0.5, 0.6) is 5.75 Å². The van der Waals surface area contributed by atoms with Crippen molar-refractivity contribution in [3.8, 4) is 5.75 Å². The molecule has 1 heterocycles. The van der Waals surface area contributed by atoms with Gasteiger partial charge in [-0.1, -0.05) is 23.7 Å². The standard InChI is InChI=1S/C22H24ClFN2O3/c23-17-8-10-18(11-9-17)29-16-3-7-21(27)25-12-4-13-26(15-14-25)22(28)19-5-1-2-6-20(19)24/h1-2,5-6,8-11H,3-4,7,12-16H2. The maximum Gasteiger partial charge on any atom is 0.256 e. The predicted octanol–water partition coefficient (Wildman–Crippen LogP) is 4.01. The van der Waals surface area contributed by atoms with Gasteiger partial charge in [-0.15, -0.1) is 0 Å². The summed E-state index contributed by atoms with van der Waals surface area (Å²) in [5.41, 5.74) is 0.0756. The van der Waals surface area contributed by atoms with Crippen LogP contribution in [0.15, 0.2) is 48.5 Å². The minimum atomic E-state index is -0.518. The van der Waals surface area contributed by atoms with Crippen molar-refractivity contribution >= 4 is 23.4 Å². The molecule has 0 radical (unpaired) electrons. The summed E-state index contributed by atoms with van der Waals surface area (Å²) in [4.78, 5) is 28.5. The van der Waals surface area contributed by atoms with Crippen LogP contribution in [-0.2, 0) is 4.79 Å².